The third-order valence-electron chi connectivity index (χ3n) is 5.47. The number of benzene rings is 1. The highest BCUT2D eigenvalue weighted by molar-refractivity contribution is 7.10. The van der Waals surface area contributed by atoms with Crippen LogP contribution in [-0.2, 0) is 15.9 Å². The minimum atomic E-state index is -0.299. The summed E-state index contributed by atoms with van der Waals surface area (Å²) in [6.07, 6.45) is 1.56. The van der Waals surface area contributed by atoms with Crippen LogP contribution in [0.3, 0.4) is 0 Å². The first-order valence-electron chi connectivity index (χ1n) is 9.63. The topological polar surface area (TPSA) is 50.8 Å². The number of carbonyl (C=O) groups is 1. The molecule has 0 aliphatic carbocycles. The van der Waals surface area contributed by atoms with Gasteiger partial charge in [-0.15, -0.1) is 11.3 Å². The van der Waals surface area contributed by atoms with E-state index >= 15 is 0 Å². The van der Waals surface area contributed by atoms with Gasteiger partial charge >= 0.3 is 6.09 Å². The van der Waals surface area contributed by atoms with Gasteiger partial charge in [-0.05, 0) is 29.9 Å². The van der Waals surface area contributed by atoms with Crippen molar-refractivity contribution < 1.29 is 14.3 Å². The number of nitrogens with zero attached hydrogens (tertiary/aromatic N) is 1. The lowest BCUT2D eigenvalue weighted by Gasteiger charge is -2.37. The molecule has 1 aromatic carbocycles. The molecule has 2 aromatic rings. The van der Waals surface area contributed by atoms with Gasteiger partial charge in [-0.25, -0.2) is 4.79 Å². The summed E-state index contributed by atoms with van der Waals surface area (Å²) in [4.78, 5) is 15.5. The SMILES string of the molecule is O=C1NCC(C(CC(Cc2ccccc2)N2CCOCC2)c2cccs2)O1. The summed E-state index contributed by atoms with van der Waals surface area (Å²) in [5.74, 6) is 0.209. The second kappa shape index (κ2) is 8.87. The van der Waals surface area contributed by atoms with E-state index in [9.17, 15) is 4.79 Å². The first-order valence-corrected chi connectivity index (χ1v) is 10.5. The Labute approximate surface area is 164 Å². The normalized spacial score (nSPS) is 22.8. The molecule has 1 amide bonds. The molecule has 3 unspecified atom stereocenters. The van der Waals surface area contributed by atoms with Crippen molar-refractivity contribution in [1.82, 2.24) is 10.2 Å². The Hall–Kier alpha value is -1.89. The van der Waals surface area contributed by atoms with Crippen molar-refractivity contribution in [3.63, 3.8) is 0 Å². The zero-order chi connectivity index (χ0) is 18.5. The van der Waals surface area contributed by atoms with E-state index in [0.717, 1.165) is 39.1 Å². The fourth-order valence-corrected chi connectivity index (χ4v) is 4.96. The molecule has 2 fully saturated rings. The molecule has 0 saturated carbocycles. The summed E-state index contributed by atoms with van der Waals surface area (Å²) in [6, 6.07) is 15.3. The number of ether oxygens (including phenoxy) is 2. The molecule has 2 saturated heterocycles. The van der Waals surface area contributed by atoms with E-state index in [1.54, 1.807) is 11.3 Å². The van der Waals surface area contributed by atoms with Gasteiger partial charge in [0.05, 0.1) is 19.8 Å². The highest BCUT2D eigenvalue weighted by atomic mass is 32.1. The number of amides is 1. The number of cyclic esters (lactones) is 1. The zero-order valence-corrected chi connectivity index (χ0v) is 16.2. The molecular formula is C21H26N2O3S. The lowest BCUT2D eigenvalue weighted by atomic mass is 9.88. The Morgan fingerprint density at radius 3 is 2.63 bits per heavy atom. The Morgan fingerprint density at radius 2 is 1.96 bits per heavy atom. The van der Waals surface area contributed by atoms with Gasteiger partial charge in [0, 0.05) is 29.9 Å². The molecule has 27 heavy (non-hydrogen) atoms. The molecule has 1 N–H and O–H groups in total. The van der Waals surface area contributed by atoms with Gasteiger partial charge in [0.15, 0.2) is 0 Å². The van der Waals surface area contributed by atoms with E-state index in [1.165, 1.54) is 10.4 Å². The molecule has 0 radical (unpaired) electrons. The summed E-state index contributed by atoms with van der Waals surface area (Å²) in [6.45, 7) is 4.07. The number of alkyl carbamates (subject to hydrolysis) is 1. The Kier molecular flexibility index (Phi) is 6.07. The van der Waals surface area contributed by atoms with Crippen LogP contribution < -0.4 is 5.32 Å². The standard InChI is InChI=1S/C21H26N2O3S/c24-21-22-15-19(26-21)18(20-7-4-12-27-20)14-17(23-8-10-25-11-9-23)13-16-5-2-1-3-6-16/h1-7,12,17-19H,8-11,13-15H2,(H,22,24). The maximum atomic E-state index is 11.6. The van der Waals surface area contributed by atoms with Crippen LogP contribution in [-0.4, -0.2) is 56.0 Å². The highest BCUT2D eigenvalue weighted by Gasteiger charge is 2.35. The minimum absolute atomic E-state index is 0.101. The summed E-state index contributed by atoms with van der Waals surface area (Å²) >= 11 is 1.75. The average molecular weight is 387 g/mol. The van der Waals surface area contributed by atoms with Crippen LogP contribution in [0.25, 0.3) is 0 Å². The van der Waals surface area contributed by atoms with Crippen molar-refractivity contribution in [3.05, 3.63) is 58.3 Å². The predicted molar refractivity (Wildman–Crippen MR) is 106 cm³/mol. The first kappa shape index (κ1) is 18.5. The van der Waals surface area contributed by atoms with Gasteiger partial charge < -0.3 is 14.8 Å². The van der Waals surface area contributed by atoms with Crippen LogP contribution in [0.1, 0.15) is 22.8 Å². The monoisotopic (exact) mass is 386 g/mol. The number of nitrogens with one attached hydrogen (secondary N) is 1. The summed E-state index contributed by atoms with van der Waals surface area (Å²) < 4.78 is 11.2. The first-order chi connectivity index (χ1) is 13.3. The zero-order valence-electron chi connectivity index (χ0n) is 15.4. The molecule has 3 atom stereocenters. The van der Waals surface area contributed by atoms with Crippen LogP contribution in [0.15, 0.2) is 47.8 Å². The molecule has 2 aliphatic rings. The van der Waals surface area contributed by atoms with Gasteiger partial charge in [-0.3, -0.25) is 4.90 Å². The molecule has 2 aliphatic heterocycles. The van der Waals surface area contributed by atoms with Gasteiger partial charge in [-0.1, -0.05) is 36.4 Å². The lowest BCUT2D eigenvalue weighted by Crippen LogP contribution is -2.46. The molecule has 0 spiro atoms. The molecular weight excluding hydrogens is 360 g/mol. The van der Waals surface area contributed by atoms with Crippen molar-refractivity contribution in [2.75, 3.05) is 32.8 Å². The van der Waals surface area contributed by atoms with E-state index in [-0.39, 0.29) is 18.1 Å². The van der Waals surface area contributed by atoms with Gasteiger partial charge in [0.2, 0.25) is 0 Å². The van der Waals surface area contributed by atoms with Crippen molar-refractivity contribution in [2.45, 2.75) is 30.9 Å². The smallest absolute Gasteiger partial charge is 0.407 e. The average Bonchev–Trinajstić information content (AvgIpc) is 3.39. The van der Waals surface area contributed by atoms with Crippen molar-refractivity contribution in [1.29, 1.82) is 0 Å². The van der Waals surface area contributed by atoms with Crippen LogP contribution in [0.5, 0.6) is 0 Å². The van der Waals surface area contributed by atoms with Crippen molar-refractivity contribution in [2.24, 2.45) is 0 Å². The number of hydrogen-bond acceptors (Lipinski definition) is 5. The summed E-state index contributed by atoms with van der Waals surface area (Å²) in [7, 11) is 0. The van der Waals surface area contributed by atoms with Crippen LogP contribution in [0.4, 0.5) is 4.79 Å². The van der Waals surface area contributed by atoms with E-state index < -0.39 is 0 Å². The van der Waals surface area contributed by atoms with E-state index in [0.29, 0.717) is 12.6 Å². The maximum absolute atomic E-state index is 11.6. The second-order valence-electron chi connectivity index (χ2n) is 7.17. The highest BCUT2D eigenvalue weighted by Crippen LogP contribution is 2.34. The third-order valence-corrected chi connectivity index (χ3v) is 6.47. The molecule has 1 aromatic heterocycles. The minimum Gasteiger partial charge on any atom is -0.444 e. The van der Waals surface area contributed by atoms with E-state index in [1.807, 2.05) is 0 Å². The van der Waals surface area contributed by atoms with Crippen molar-refractivity contribution >= 4 is 17.4 Å². The largest absolute Gasteiger partial charge is 0.444 e. The molecule has 4 rings (SSSR count). The molecule has 0 bridgehead atoms. The number of rotatable bonds is 7. The van der Waals surface area contributed by atoms with Gasteiger partial charge in [0.1, 0.15) is 6.10 Å². The molecule has 144 valence electrons. The Balaban J connectivity index is 1.56. The van der Waals surface area contributed by atoms with Gasteiger partial charge in [0.25, 0.3) is 0 Å². The number of carbonyl (C=O) groups excluding carboxylic acids is 1. The van der Waals surface area contributed by atoms with Crippen LogP contribution in [0.2, 0.25) is 0 Å². The number of hydrogen-bond donors (Lipinski definition) is 1. The number of morpholine rings is 1. The second-order valence-corrected chi connectivity index (χ2v) is 8.15. The fourth-order valence-electron chi connectivity index (χ4n) is 4.07. The number of thiophene rings is 1. The molecule has 3 heterocycles. The summed E-state index contributed by atoms with van der Waals surface area (Å²) in [5, 5.41) is 4.93. The molecule has 6 heteroatoms. The van der Waals surface area contributed by atoms with Gasteiger partial charge in [-0.2, -0.15) is 0 Å². The molecule has 5 nitrogen and oxygen atoms in total. The Bertz CT molecular complexity index is 716. The van der Waals surface area contributed by atoms with E-state index in [2.05, 4.69) is 58.1 Å². The third kappa shape index (κ3) is 4.69. The van der Waals surface area contributed by atoms with Crippen LogP contribution >= 0.6 is 11.3 Å². The maximum Gasteiger partial charge on any atom is 0.407 e. The fraction of sp³-hybridized carbons (Fsp3) is 0.476. The summed E-state index contributed by atoms with van der Waals surface area (Å²) in [5.41, 5.74) is 1.35. The lowest BCUT2D eigenvalue weighted by molar-refractivity contribution is 0.00989. The quantitative estimate of drug-likeness (QED) is 0.793. The Morgan fingerprint density at radius 1 is 1.15 bits per heavy atom. The predicted octanol–water partition coefficient (Wildman–Crippen LogP) is 3.27. The van der Waals surface area contributed by atoms with Crippen LogP contribution in [0, 0.1) is 0 Å². The van der Waals surface area contributed by atoms with E-state index in [4.69, 9.17) is 9.47 Å². The van der Waals surface area contributed by atoms with Crippen molar-refractivity contribution in [3.8, 4) is 0 Å².